The van der Waals surface area contributed by atoms with Gasteiger partial charge in [-0.3, -0.25) is 4.79 Å². The number of carbonyl (C=O) groups is 1. The number of pyridine rings is 1. The molecule has 0 spiro atoms. The summed E-state index contributed by atoms with van der Waals surface area (Å²) in [6.07, 6.45) is 1.60. The van der Waals surface area contributed by atoms with Crippen molar-refractivity contribution in [3.8, 4) is 0 Å². The number of amides is 1. The summed E-state index contributed by atoms with van der Waals surface area (Å²) in [4.78, 5) is 18.6. The van der Waals surface area contributed by atoms with Crippen LogP contribution in [0.25, 0.3) is 0 Å². The normalized spacial score (nSPS) is 10.6. The van der Waals surface area contributed by atoms with Crippen LogP contribution in [0.4, 0.5) is 10.2 Å². The van der Waals surface area contributed by atoms with Gasteiger partial charge in [0.2, 0.25) is 0 Å². The van der Waals surface area contributed by atoms with E-state index in [1.807, 2.05) is 0 Å². The van der Waals surface area contributed by atoms with Crippen LogP contribution in [-0.4, -0.2) is 15.8 Å². The van der Waals surface area contributed by atoms with E-state index in [0.717, 1.165) is 11.1 Å². The minimum atomic E-state index is -0.473. The van der Waals surface area contributed by atoms with Gasteiger partial charge in [-0.2, -0.15) is 0 Å². The van der Waals surface area contributed by atoms with Crippen molar-refractivity contribution in [2.24, 2.45) is 0 Å². The molecule has 7 heteroatoms. The molecule has 0 bridgehead atoms. The van der Waals surface area contributed by atoms with Gasteiger partial charge < -0.3 is 10.6 Å². The summed E-state index contributed by atoms with van der Waals surface area (Å²) >= 11 is 12.2. The number of nitrogens with zero attached hydrogens (tertiary/aromatic N) is 2. The van der Waals surface area contributed by atoms with E-state index in [-0.39, 0.29) is 24.6 Å². The Morgan fingerprint density at radius 3 is 2.56 bits per heavy atom. The summed E-state index contributed by atoms with van der Waals surface area (Å²) in [5.74, 6) is -0.403. The van der Waals surface area contributed by atoms with Crippen LogP contribution < -0.4 is 5.73 Å². The Labute approximate surface area is 166 Å². The van der Waals surface area contributed by atoms with Crippen LogP contribution in [0.1, 0.15) is 21.5 Å². The van der Waals surface area contributed by atoms with Crippen LogP contribution in [0.3, 0.4) is 0 Å². The summed E-state index contributed by atoms with van der Waals surface area (Å²) in [5, 5.41) is 0.962. The lowest BCUT2D eigenvalue weighted by Crippen LogP contribution is -2.30. The van der Waals surface area contributed by atoms with Gasteiger partial charge in [0, 0.05) is 34.9 Å². The van der Waals surface area contributed by atoms with E-state index in [4.69, 9.17) is 28.9 Å². The Balaban J connectivity index is 1.92. The van der Waals surface area contributed by atoms with Crippen molar-refractivity contribution in [1.82, 2.24) is 9.88 Å². The molecule has 0 aliphatic rings. The lowest BCUT2D eigenvalue weighted by molar-refractivity contribution is 0.0729. The zero-order valence-electron chi connectivity index (χ0n) is 14.2. The second-order valence-electron chi connectivity index (χ2n) is 6.00. The topological polar surface area (TPSA) is 59.2 Å². The predicted octanol–water partition coefficient (Wildman–Crippen LogP) is 4.95. The average molecular weight is 404 g/mol. The molecule has 0 radical (unpaired) electrons. The number of nitrogen functional groups attached to an aromatic ring is 1. The third-order valence-electron chi connectivity index (χ3n) is 3.96. The number of nitrogens with two attached hydrogens (primary N) is 1. The Kier molecular flexibility index (Phi) is 5.94. The van der Waals surface area contributed by atoms with Crippen molar-refractivity contribution in [3.05, 3.63) is 93.3 Å². The lowest BCUT2D eigenvalue weighted by atomic mass is 10.1. The fraction of sp³-hybridized carbons (Fsp3) is 0.100. The molecule has 27 heavy (non-hydrogen) atoms. The van der Waals surface area contributed by atoms with E-state index >= 15 is 0 Å². The van der Waals surface area contributed by atoms with Crippen molar-refractivity contribution in [3.63, 3.8) is 0 Å². The molecule has 0 aliphatic carbocycles. The second-order valence-corrected chi connectivity index (χ2v) is 6.84. The molecule has 2 N–H and O–H groups in total. The minimum absolute atomic E-state index is 0.232. The maximum atomic E-state index is 13.6. The molecule has 4 nitrogen and oxygen atoms in total. The largest absolute Gasteiger partial charge is 0.384 e. The quantitative estimate of drug-likeness (QED) is 0.655. The zero-order chi connectivity index (χ0) is 19.4. The fourth-order valence-electron chi connectivity index (χ4n) is 2.61. The first-order valence-electron chi connectivity index (χ1n) is 8.11. The van der Waals surface area contributed by atoms with Gasteiger partial charge in [0.15, 0.2) is 0 Å². The van der Waals surface area contributed by atoms with Crippen molar-refractivity contribution < 1.29 is 9.18 Å². The molecule has 3 aromatic rings. The number of carbonyl (C=O) groups excluding carboxylic acids is 1. The molecule has 0 atom stereocenters. The molecule has 1 aromatic heterocycles. The Hall–Kier alpha value is -2.63. The Bertz CT molecular complexity index is 964. The van der Waals surface area contributed by atoms with Gasteiger partial charge in [-0.1, -0.05) is 41.4 Å². The van der Waals surface area contributed by atoms with Gasteiger partial charge in [0.05, 0.1) is 0 Å². The number of anilines is 1. The number of hydrogen-bond donors (Lipinski definition) is 1. The molecule has 0 saturated carbocycles. The van der Waals surface area contributed by atoms with E-state index < -0.39 is 5.82 Å². The van der Waals surface area contributed by atoms with Gasteiger partial charge >= 0.3 is 0 Å². The van der Waals surface area contributed by atoms with Gasteiger partial charge in [-0.05, 0) is 47.5 Å². The standard InChI is InChI=1S/C20H16Cl2FN3O/c21-16-6-5-15(18(22)9-16)12-26(11-13-4-7-19(24)25-10-13)20(27)14-2-1-3-17(23)8-14/h1-10H,11-12H2,(H2,24,25). The first kappa shape index (κ1) is 19.1. The summed E-state index contributed by atoms with van der Waals surface area (Å²) in [7, 11) is 0. The highest BCUT2D eigenvalue weighted by atomic mass is 35.5. The van der Waals surface area contributed by atoms with E-state index in [9.17, 15) is 9.18 Å². The molecule has 2 aromatic carbocycles. The zero-order valence-corrected chi connectivity index (χ0v) is 15.7. The third kappa shape index (κ3) is 4.96. The minimum Gasteiger partial charge on any atom is -0.384 e. The van der Waals surface area contributed by atoms with Gasteiger partial charge in [0.1, 0.15) is 11.6 Å². The molecule has 0 aliphatic heterocycles. The van der Waals surface area contributed by atoms with Gasteiger partial charge in [-0.15, -0.1) is 0 Å². The first-order valence-corrected chi connectivity index (χ1v) is 8.87. The van der Waals surface area contributed by atoms with Crippen LogP contribution in [0, 0.1) is 5.82 Å². The second kappa shape index (κ2) is 8.37. The Morgan fingerprint density at radius 2 is 1.89 bits per heavy atom. The molecule has 3 rings (SSSR count). The maximum Gasteiger partial charge on any atom is 0.254 e. The molecule has 0 unspecified atom stereocenters. The molecule has 1 heterocycles. The highest BCUT2D eigenvalue weighted by Gasteiger charge is 2.19. The van der Waals surface area contributed by atoms with Crippen LogP contribution in [0.5, 0.6) is 0 Å². The molecular weight excluding hydrogens is 388 g/mol. The Morgan fingerprint density at radius 1 is 1.07 bits per heavy atom. The predicted molar refractivity (Wildman–Crippen MR) is 105 cm³/mol. The first-order chi connectivity index (χ1) is 12.9. The molecule has 1 amide bonds. The summed E-state index contributed by atoms with van der Waals surface area (Å²) in [6.45, 7) is 0.497. The monoisotopic (exact) mass is 403 g/mol. The third-order valence-corrected chi connectivity index (χ3v) is 4.54. The van der Waals surface area contributed by atoms with Crippen LogP contribution >= 0.6 is 23.2 Å². The van der Waals surface area contributed by atoms with Crippen molar-refractivity contribution in [2.45, 2.75) is 13.1 Å². The number of benzene rings is 2. The fourth-order valence-corrected chi connectivity index (χ4v) is 3.08. The summed E-state index contributed by atoms with van der Waals surface area (Å²) in [5.41, 5.74) is 7.39. The molecule has 138 valence electrons. The lowest BCUT2D eigenvalue weighted by Gasteiger charge is -2.24. The number of rotatable bonds is 5. The van der Waals surface area contributed by atoms with Gasteiger partial charge in [0.25, 0.3) is 5.91 Å². The van der Waals surface area contributed by atoms with E-state index in [0.29, 0.717) is 15.9 Å². The summed E-state index contributed by atoms with van der Waals surface area (Å²) < 4.78 is 13.6. The van der Waals surface area contributed by atoms with Crippen molar-refractivity contribution in [2.75, 3.05) is 5.73 Å². The smallest absolute Gasteiger partial charge is 0.254 e. The SMILES string of the molecule is Nc1ccc(CN(Cc2ccc(Cl)cc2Cl)C(=O)c2cccc(F)c2)cn1. The highest BCUT2D eigenvalue weighted by molar-refractivity contribution is 6.35. The maximum absolute atomic E-state index is 13.6. The van der Waals surface area contributed by atoms with Crippen LogP contribution in [0.15, 0.2) is 60.8 Å². The van der Waals surface area contributed by atoms with Gasteiger partial charge in [-0.25, -0.2) is 9.37 Å². The van der Waals surface area contributed by atoms with Crippen molar-refractivity contribution >= 4 is 34.9 Å². The van der Waals surface area contributed by atoms with Crippen molar-refractivity contribution in [1.29, 1.82) is 0 Å². The molecule has 0 saturated heterocycles. The van der Waals surface area contributed by atoms with E-state index in [1.165, 1.54) is 18.2 Å². The van der Waals surface area contributed by atoms with Crippen LogP contribution in [-0.2, 0) is 13.1 Å². The number of halogens is 3. The highest BCUT2D eigenvalue weighted by Crippen LogP contribution is 2.24. The number of hydrogen-bond acceptors (Lipinski definition) is 3. The average Bonchev–Trinajstić information content (AvgIpc) is 2.64. The number of aromatic nitrogens is 1. The molecule has 0 fully saturated rings. The summed E-state index contributed by atoms with van der Waals surface area (Å²) in [6, 6.07) is 14.1. The van der Waals surface area contributed by atoms with E-state index in [1.54, 1.807) is 47.5 Å². The van der Waals surface area contributed by atoms with Crippen LogP contribution in [0.2, 0.25) is 10.0 Å². The molecular formula is C20H16Cl2FN3O. The van der Waals surface area contributed by atoms with E-state index in [2.05, 4.69) is 4.98 Å².